The van der Waals surface area contributed by atoms with Crippen LogP contribution >= 0.6 is 0 Å². The largest absolute Gasteiger partial charge is 0.375 e. The van der Waals surface area contributed by atoms with Gasteiger partial charge in [-0.15, -0.1) is 0 Å². The monoisotopic (exact) mass is 554 g/mol. The van der Waals surface area contributed by atoms with Crippen molar-refractivity contribution in [2.24, 2.45) is 0 Å². The van der Waals surface area contributed by atoms with Gasteiger partial charge in [0.2, 0.25) is 17.7 Å². The van der Waals surface area contributed by atoms with Crippen LogP contribution in [0.15, 0.2) is 42.0 Å². The minimum atomic E-state index is -0.890. The topological polar surface area (TPSA) is 138 Å². The van der Waals surface area contributed by atoms with Crippen molar-refractivity contribution in [1.82, 2.24) is 21.3 Å². The fourth-order valence-corrected chi connectivity index (χ4v) is 5.13. The average molecular weight is 555 g/mol. The molecular formula is C30H42N4O6. The number of aryl methyl sites for hydroxylation is 1. The second-order valence-electron chi connectivity index (χ2n) is 11.2. The van der Waals surface area contributed by atoms with E-state index in [9.17, 15) is 19.2 Å². The van der Waals surface area contributed by atoms with Crippen LogP contribution in [0.3, 0.4) is 0 Å². The number of carbonyl (C=O) groups excluding carboxylic acids is 4. The van der Waals surface area contributed by atoms with Crippen molar-refractivity contribution in [1.29, 1.82) is 0 Å². The first-order valence-electron chi connectivity index (χ1n) is 14.4. The summed E-state index contributed by atoms with van der Waals surface area (Å²) in [5, 5.41) is 11.6. The molecule has 2 aliphatic heterocycles. The number of amides is 3. The number of benzene rings is 1. The van der Waals surface area contributed by atoms with Gasteiger partial charge in [-0.05, 0) is 57.9 Å². The summed E-state index contributed by atoms with van der Waals surface area (Å²) in [6.07, 6.45) is 6.28. The standard InChI is InChI=1S/C30H42N4O6/c1-20(32-26(35)17-23-18-31-14-15-39-23)28(37)33-24(13-12-21-8-4-3-5-9-21)29(38)34-25(16-22-10-6-7-11-22)27(36)30(2)19-40-30/h3-5,8-10,20,23-25,31H,6-7,11-19H2,1-2H3,(H,32,35)(H,33,37)(H,34,38)/t20-,23?,24-,25-,30+/m0/s1. The third kappa shape index (κ3) is 8.71. The number of hydrogen-bond donors (Lipinski definition) is 4. The minimum absolute atomic E-state index is 0.142. The molecule has 10 heteroatoms. The summed E-state index contributed by atoms with van der Waals surface area (Å²) < 4.78 is 11.0. The summed E-state index contributed by atoms with van der Waals surface area (Å²) in [5.41, 5.74) is 1.30. The highest BCUT2D eigenvalue weighted by molar-refractivity contribution is 5.98. The van der Waals surface area contributed by atoms with E-state index in [0.717, 1.165) is 36.9 Å². The highest BCUT2D eigenvalue weighted by atomic mass is 16.6. The van der Waals surface area contributed by atoms with E-state index >= 15 is 0 Å². The SMILES string of the molecule is C[C@H](NC(=O)CC1CNCCO1)C(=O)N[C@@H](CCc1ccccc1)C(=O)N[C@@H](CC1=CCCC1)C(=O)[C@@]1(C)CO1. The molecule has 0 spiro atoms. The molecule has 2 saturated heterocycles. The lowest BCUT2D eigenvalue weighted by Gasteiger charge is -2.26. The minimum Gasteiger partial charge on any atom is -0.375 e. The van der Waals surface area contributed by atoms with Crippen molar-refractivity contribution >= 4 is 23.5 Å². The Kier molecular flexibility index (Phi) is 10.5. The van der Waals surface area contributed by atoms with Crippen LogP contribution in [0.2, 0.25) is 0 Å². The van der Waals surface area contributed by atoms with Crippen molar-refractivity contribution < 1.29 is 28.7 Å². The molecule has 4 N–H and O–H groups in total. The van der Waals surface area contributed by atoms with Crippen molar-refractivity contribution in [2.45, 2.75) is 88.6 Å². The predicted octanol–water partition coefficient (Wildman–Crippen LogP) is 1.33. The molecule has 10 nitrogen and oxygen atoms in total. The maximum absolute atomic E-state index is 13.6. The summed E-state index contributed by atoms with van der Waals surface area (Å²) in [7, 11) is 0. The van der Waals surface area contributed by atoms with Crippen LogP contribution in [0, 0.1) is 0 Å². The summed E-state index contributed by atoms with van der Waals surface area (Å²) in [5.74, 6) is -1.34. The van der Waals surface area contributed by atoms with Gasteiger partial charge in [-0.25, -0.2) is 0 Å². The molecular weight excluding hydrogens is 512 g/mol. The lowest BCUT2D eigenvalue weighted by atomic mass is 9.94. The number of epoxide rings is 1. The van der Waals surface area contributed by atoms with E-state index in [-0.39, 0.29) is 24.2 Å². The molecule has 3 amide bonds. The zero-order valence-corrected chi connectivity index (χ0v) is 23.5. The molecule has 40 heavy (non-hydrogen) atoms. The number of ketones is 1. The summed E-state index contributed by atoms with van der Waals surface area (Å²) in [4.78, 5) is 52.5. The number of carbonyl (C=O) groups is 4. The van der Waals surface area contributed by atoms with Gasteiger partial charge < -0.3 is 30.7 Å². The van der Waals surface area contributed by atoms with Crippen LogP contribution in [-0.2, 0) is 35.1 Å². The van der Waals surface area contributed by atoms with Crippen molar-refractivity contribution in [2.75, 3.05) is 26.3 Å². The van der Waals surface area contributed by atoms with Crippen LogP contribution in [0.4, 0.5) is 0 Å². The Morgan fingerprint density at radius 3 is 2.48 bits per heavy atom. The Hall–Kier alpha value is -3.08. The van der Waals surface area contributed by atoms with Gasteiger partial charge in [0.25, 0.3) is 0 Å². The quantitative estimate of drug-likeness (QED) is 0.201. The molecule has 2 heterocycles. The maximum atomic E-state index is 13.6. The van der Waals surface area contributed by atoms with E-state index in [1.807, 2.05) is 30.3 Å². The predicted molar refractivity (Wildman–Crippen MR) is 149 cm³/mol. The molecule has 5 atom stereocenters. The Morgan fingerprint density at radius 2 is 1.82 bits per heavy atom. The molecule has 218 valence electrons. The van der Waals surface area contributed by atoms with Crippen LogP contribution in [0.5, 0.6) is 0 Å². The van der Waals surface area contributed by atoms with Crippen LogP contribution < -0.4 is 21.3 Å². The van der Waals surface area contributed by atoms with Gasteiger partial charge in [0, 0.05) is 13.1 Å². The molecule has 2 fully saturated rings. The molecule has 0 radical (unpaired) electrons. The molecule has 1 aromatic carbocycles. The summed E-state index contributed by atoms with van der Waals surface area (Å²) in [6, 6.07) is 7.22. The number of Topliss-reactive ketones (excluding diaryl/α,β-unsaturated/α-hetero) is 1. The highest BCUT2D eigenvalue weighted by Gasteiger charge is 2.50. The third-order valence-corrected chi connectivity index (χ3v) is 7.72. The van der Waals surface area contributed by atoms with Gasteiger partial charge in [-0.1, -0.05) is 42.0 Å². The number of allylic oxidation sites excluding steroid dienone is 1. The van der Waals surface area contributed by atoms with Crippen molar-refractivity contribution in [3.8, 4) is 0 Å². The summed E-state index contributed by atoms with van der Waals surface area (Å²) >= 11 is 0. The Balaban J connectivity index is 1.40. The maximum Gasteiger partial charge on any atom is 0.243 e. The zero-order chi connectivity index (χ0) is 28.5. The van der Waals surface area contributed by atoms with E-state index in [0.29, 0.717) is 39.0 Å². The lowest BCUT2D eigenvalue weighted by molar-refractivity contribution is -0.134. The van der Waals surface area contributed by atoms with Gasteiger partial charge in [0.1, 0.15) is 17.7 Å². The third-order valence-electron chi connectivity index (χ3n) is 7.72. The van der Waals surface area contributed by atoms with E-state index in [1.165, 1.54) is 0 Å². The normalized spacial score (nSPS) is 24.2. The summed E-state index contributed by atoms with van der Waals surface area (Å²) in [6.45, 7) is 5.54. The number of rotatable bonds is 14. The Bertz CT molecular complexity index is 1080. The average Bonchev–Trinajstić information content (AvgIpc) is 3.49. The molecule has 0 aromatic heterocycles. The van der Waals surface area contributed by atoms with Gasteiger partial charge in [-0.2, -0.15) is 0 Å². The number of ether oxygens (including phenoxy) is 2. The first kappa shape index (κ1) is 29.9. The number of nitrogens with one attached hydrogen (secondary N) is 4. The van der Waals surface area contributed by atoms with E-state index in [2.05, 4.69) is 27.3 Å². The van der Waals surface area contributed by atoms with Crippen molar-refractivity contribution in [3.05, 3.63) is 47.5 Å². The van der Waals surface area contributed by atoms with Gasteiger partial charge in [-0.3, -0.25) is 19.2 Å². The van der Waals surface area contributed by atoms with E-state index in [4.69, 9.17) is 9.47 Å². The van der Waals surface area contributed by atoms with E-state index in [1.54, 1.807) is 13.8 Å². The van der Waals surface area contributed by atoms with Crippen LogP contribution in [0.1, 0.15) is 57.9 Å². The first-order valence-corrected chi connectivity index (χ1v) is 14.4. The Morgan fingerprint density at radius 1 is 1.07 bits per heavy atom. The second kappa shape index (κ2) is 14.0. The lowest BCUT2D eigenvalue weighted by Crippen LogP contribution is -2.56. The fourth-order valence-electron chi connectivity index (χ4n) is 5.13. The molecule has 1 aliphatic carbocycles. The molecule has 0 saturated carbocycles. The number of hydrogen-bond acceptors (Lipinski definition) is 7. The zero-order valence-electron chi connectivity index (χ0n) is 23.5. The van der Waals surface area contributed by atoms with Crippen LogP contribution in [0.25, 0.3) is 0 Å². The van der Waals surface area contributed by atoms with E-state index < -0.39 is 35.5 Å². The molecule has 1 unspecified atom stereocenters. The first-order chi connectivity index (χ1) is 19.2. The van der Waals surface area contributed by atoms with Gasteiger partial charge in [0.05, 0.1) is 31.8 Å². The fraction of sp³-hybridized carbons (Fsp3) is 0.600. The molecule has 1 aromatic rings. The smallest absolute Gasteiger partial charge is 0.243 e. The molecule has 3 aliphatic rings. The van der Waals surface area contributed by atoms with Gasteiger partial charge >= 0.3 is 0 Å². The van der Waals surface area contributed by atoms with Gasteiger partial charge in [0.15, 0.2) is 5.78 Å². The van der Waals surface area contributed by atoms with Crippen LogP contribution in [-0.4, -0.2) is 79.6 Å². The number of morpholine rings is 1. The molecule has 4 rings (SSSR count). The molecule has 0 bridgehead atoms. The second-order valence-corrected chi connectivity index (χ2v) is 11.2. The Labute approximate surface area is 236 Å². The van der Waals surface area contributed by atoms with Crippen molar-refractivity contribution in [3.63, 3.8) is 0 Å². The highest BCUT2D eigenvalue weighted by Crippen LogP contribution is 2.31.